The van der Waals surface area contributed by atoms with Crippen molar-refractivity contribution in [1.29, 1.82) is 0 Å². The third kappa shape index (κ3) is 4.22. The molecule has 0 atom stereocenters. The lowest BCUT2D eigenvalue weighted by atomic mass is 9.99. The fourth-order valence-electron chi connectivity index (χ4n) is 1.68. The van der Waals surface area contributed by atoms with E-state index in [4.69, 9.17) is 15.2 Å². The van der Waals surface area contributed by atoms with Gasteiger partial charge in [0.15, 0.2) is 5.92 Å². The van der Waals surface area contributed by atoms with Crippen molar-refractivity contribution in [2.24, 2.45) is 5.92 Å². The Balaban J connectivity index is 2.90. The molecule has 5 nitrogen and oxygen atoms in total. The van der Waals surface area contributed by atoms with Crippen LogP contribution in [0.25, 0.3) is 0 Å². The number of hydrogen-bond acceptors (Lipinski definition) is 5. The van der Waals surface area contributed by atoms with Gasteiger partial charge in [-0.15, -0.1) is 0 Å². The fourth-order valence-corrected chi connectivity index (χ4v) is 1.68. The summed E-state index contributed by atoms with van der Waals surface area (Å²) in [5.41, 5.74) is 5.86. The van der Waals surface area contributed by atoms with Crippen molar-refractivity contribution in [2.45, 2.75) is 20.3 Å². The van der Waals surface area contributed by atoms with E-state index in [0.29, 0.717) is 5.56 Å². The molecule has 0 saturated carbocycles. The molecule has 0 unspecified atom stereocenters. The van der Waals surface area contributed by atoms with Crippen molar-refractivity contribution < 1.29 is 23.5 Å². The Kier molecular flexibility index (Phi) is 5.96. The molecule has 6 heteroatoms. The number of benzene rings is 1. The Hall–Kier alpha value is -2.11. The molecule has 0 aliphatic heterocycles. The third-order valence-corrected chi connectivity index (χ3v) is 2.65. The van der Waals surface area contributed by atoms with E-state index in [1.54, 1.807) is 19.9 Å². The van der Waals surface area contributed by atoms with Crippen LogP contribution in [-0.4, -0.2) is 25.2 Å². The lowest BCUT2D eigenvalue weighted by Crippen LogP contribution is -2.30. The maximum absolute atomic E-state index is 13.4. The predicted octanol–water partition coefficient (Wildman–Crippen LogP) is 1.69. The Bertz CT molecular complexity index is 472. The van der Waals surface area contributed by atoms with Gasteiger partial charge in [-0.1, -0.05) is 6.07 Å². The SMILES string of the molecule is CCOC(=O)C(Cc1ccc(N)c(F)c1)C(=O)OCC. The topological polar surface area (TPSA) is 78.6 Å². The van der Waals surface area contributed by atoms with E-state index in [9.17, 15) is 14.0 Å². The molecule has 0 bridgehead atoms. The summed E-state index contributed by atoms with van der Waals surface area (Å²) >= 11 is 0. The molecule has 2 N–H and O–H groups in total. The molecular weight excluding hydrogens is 265 g/mol. The Morgan fingerprint density at radius 1 is 1.20 bits per heavy atom. The number of rotatable bonds is 6. The average Bonchev–Trinajstić information content (AvgIpc) is 2.40. The first kappa shape index (κ1) is 15.9. The molecule has 0 saturated heterocycles. The molecule has 0 heterocycles. The van der Waals surface area contributed by atoms with Gasteiger partial charge >= 0.3 is 11.9 Å². The smallest absolute Gasteiger partial charge is 0.320 e. The second-order valence-electron chi connectivity index (χ2n) is 4.12. The Morgan fingerprint density at radius 3 is 2.20 bits per heavy atom. The number of carbonyl (C=O) groups excluding carboxylic acids is 2. The van der Waals surface area contributed by atoms with Gasteiger partial charge in [0.2, 0.25) is 0 Å². The van der Waals surface area contributed by atoms with Gasteiger partial charge in [0.05, 0.1) is 18.9 Å². The van der Waals surface area contributed by atoms with Crippen molar-refractivity contribution in [2.75, 3.05) is 18.9 Å². The molecule has 0 spiro atoms. The van der Waals surface area contributed by atoms with E-state index >= 15 is 0 Å². The third-order valence-electron chi connectivity index (χ3n) is 2.65. The number of esters is 2. The van der Waals surface area contributed by atoms with Gasteiger partial charge in [-0.25, -0.2) is 4.39 Å². The first-order valence-corrected chi connectivity index (χ1v) is 6.36. The fraction of sp³-hybridized carbons (Fsp3) is 0.429. The zero-order chi connectivity index (χ0) is 15.1. The van der Waals surface area contributed by atoms with Crippen LogP contribution in [0.3, 0.4) is 0 Å². The standard InChI is InChI=1S/C14H18FNO4/c1-3-19-13(17)10(14(18)20-4-2)7-9-5-6-12(16)11(15)8-9/h5-6,8,10H,3-4,7,16H2,1-2H3. The maximum atomic E-state index is 13.4. The summed E-state index contributed by atoms with van der Waals surface area (Å²) in [5, 5.41) is 0. The summed E-state index contributed by atoms with van der Waals surface area (Å²) in [6.45, 7) is 3.60. The van der Waals surface area contributed by atoms with Crippen molar-refractivity contribution in [3.63, 3.8) is 0 Å². The van der Waals surface area contributed by atoms with Gasteiger partial charge in [-0.05, 0) is 38.0 Å². The highest BCUT2D eigenvalue weighted by atomic mass is 19.1. The first-order valence-electron chi connectivity index (χ1n) is 6.36. The van der Waals surface area contributed by atoms with E-state index in [1.807, 2.05) is 0 Å². The molecule has 1 aromatic carbocycles. The largest absolute Gasteiger partial charge is 0.465 e. The van der Waals surface area contributed by atoms with Crippen molar-refractivity contribution in [3.05, 3.63) is 29.6 Å². The van der Waals surface area contributed by atoms with Crippen molar-refractivity contribution in [1.82, 2.24) is 0 Å². The lowest BCUT2D eigenvalue weighted by Gasteiger charge is -2.14. The van der Waals surface area contributed by atoms with Crippen LogP contribution in [0.5, 0.6) is 0 Å². The molecule has 0 aliphatic rings. The van der Waals surface area contributed by atoms with Crippen molar-refractivity contribution >= 4 is 17.6 Å². The van der Waals surface area contributed by atoms with Crippen LogP contribution in [0.15, 0.2) is 18.2 Å². The molecule has 0 radical (unpaired) electrons. The van der Waals surface area contributed by atoms with Crippen LogP contribution in [0.1, 0.15) is 19.4 Å². The van der Waals surface area contributed by atoms with Crippen LogP contribution in [-0.2, 0) is 25.5 Å². The van der Waals surface area contributed by atoms with Gasteiger partial charge in [0.1, 0.15) is 5.82 Å². The number of halogens is 1. The number of nitrogens with two attached hydrogens (primary N) is 1. The molecule has 110 valence electrons. The minimum Gasteiger partial charge on any atom is -0.465 e. The number of hydrogen-bond donors (Lipinski definition) is 1. The summed E-state index contributed by atoms with van der Waals surface area (Å²) in [5.74, 6) is -3.04. The summed E-state index contributed by atoms with van der Waals surface area (Å²) in [6, 6.07) is 4.14. The van der Waals surface area contributed by atoms with E-state index in [0.717, 1.165) is 0 Å². The zero-order valence-electron chi connectivity index (χ0n) is 11.5. The number of carbonyl (C=O) groups is 2. The molecule has 0 aliphatic carbocycles. The molecule has 20 heavy (non-hydrogen) atoms. The maximum Gasteiger partial charge on any atom is 0.320 e. The lowest BCUT2D eigenvalue weighted by molar-refractivity contribution is -0.161. The van der Waals surface area contributed by atoms with E-state index < -0.39 is 23.7 Å². The average molecular weight is 283 g/mol. The van der Waals surface area contributed by atoms with Crippen LogP contribution < -0.4 is 5.73 Å². The summed E-state index contributed by atoms with van der Waals surface area (Å²) < 4.78 is 23.0. The van der Waals surface area contributed by atoms with Crippen LogP contribution in [0.2, 0.25) is 0 Å². The predicted molar refractivity (Wildman–Crippen MR) is 71.3 cm³/mol. The quantitative estimate of drug-likeness (QED) is 0.488. The van der Waals surface area contributed by atoms with Gasteiger partial charge in [0.25, 0.3) is 0 Å². The van der Waals surface area contributed by atoms with Gasteiger partial charge < -0.3 is 15.2 Å². The second kappa shape index (κ2) is 7.47. The number of nitrogen functional groups attached to an aromatic ring is 1. The normalized spacial score (nSPS) is 10.4. The van der Waals surface area contributed by atoms with E-state index in [1.165, 1.54) is 12.1 Å². The van der Waals surface area contributed by atoms with Crippen LogP contribution >= 0.6 is 0 Å². The van der Waals surface area contributed by atoms with E-state index in [2.05, 4.69) is 0 Å². The van der Waals surface area contributed by atoms with Crippen molar-refractivity contribution in [3.8, 4) is 0 Å². The molecular formula is C14H18FNO4. The van der Waals surface area contributed by atoms with E-state index in [-0.39, 0.29) is 25.3 Å². The minimum absolute atomic E-state index is 0.00880. The zero-order valence-corrected chi connectivity index (χ0v) is 11.5. The highest BCUT2D eigenvalue weighted by Crippen LogP contribution is 2.17. The van der Waals surface area contributed by atoms with Gasteiger partial charge in [-0.2, -0.15) is 0 Å². The summed E-state index contributed by atoms with van der Waals surface area (Å²) in [4.78, 5) is 23.5. The second-order valence-corrected chi connectivity index (χ2v) is 4.12. The van der Waals surface area contributed by atoms with Gasteiger partial charge in [-0.3, -0.25) is 9.59 Å². The monoisotopic (exact) mass is 283 g/mol. The molecule has 1 aromatic rings. The number of ether oxygens (including phenoxy) is 2. The summed E-state index contributed by atoms with van der Waals surface area (Å²) in [6.07, 6.45) is 0.00880. The Morgan fingerprint density at radius 2 is 1.75 bits per heavy atom. The van der Waals surface area contributed by atoms with Crippen LogP contribution in [0, 0.1) is 11.7 Å². The number of anilines is 1. The molecule has 0 aromatic heterocycles. The molecule has 1 rings (SSSR count). The highest BCUT2D eigenvalue weighted by molar-refractivity contribution is 5.95. The highest BCUT2D eigenvalue weighted by Gasteiger charge is 2.29. The van der Waals surface area contributed by atoms with Crippen LogP contribution in [0.4, 0.5) is 10.1 Å². The van der Waals surface area contributed by atoms with Gasteiger partial charge in [0, 0.05) is 0 Å². The minimum atomic E-state index is -1.10. The first-order chi connectivity index (χ1) is 9.49. The Labute approximate surface area is 116 Å². The summed E-state index contributed by atoms with van der Waals surface area (Å²) in [7, 11) is 0. The molecule has 0 fully saturated rings. The molecule has 0 amide bonds.